The van der Waals surface area contributed by atoms with Crippen molar-refractivity contribution < 1.29 is 19.1 Å². The number of benzene rings is 2. The lowest BCUT2D eigenvalue weighted by Crippen LogP contribution is -2.62. The Bertz CT molecular complexity index is 1420. The number of aliphatic imine (C=N–C) groups is 1. The number of hydrogen-bond acceptors (Lipinski definition) is 6. The highest BCUT2D eigenvalue weighted by Crippen LogP contribution is 2.55. The van der Waals surface area contributed by atoms with Crippen molar-refractivity contribution in [2.45, 2.75) is 73.0 Å². The number of nitrogens with two attached hydrogens (primary N) is 1. The van der Waals surface area contributed by atoms with Crippen LogP contribution in [0.15, 0.2) is 71.4 Å². The molecule has 2 heterocycles. The van der Waals surface area contributed by atoms with Crippen molar-refractivity contribution in [1.82, 2.24) is 9.80 Å². The molecule has 3 aliphatic rings. The van der Waals surface area contributed by atoms with Crippen LogP contribution in [-0.2, 0) is 20.9 Å². The summed E-state index contributed by atoms with van der Waals surface area (Å²) >= 11 is 0. The Balaban J connectivity index is 0.00000226. The number of nitrogens with one attached hydrogen (secondary N) is 1. The number of amides is 3. The molecule has 2 aliphatic heterocycles. The van der Waals surface area contributed by atoms with Gasteiger partial charge in [-0.2, -0.15) is 0 Å². The monoisotopic (exact) mass is 615 g/mol. The molecule has 3 fully saturated rings. The van der Waals surface area contributed by atoms with E-state index < -0.39 is 11.7 Å². The standard InChI is InChI=1S/C34H43N5O4.C2H6/c1-32(2,3)43-31(42)37-26-13-11-24(12-14-26)28-19-38(20-34(28)21-39(22-34)30(41)27-15-33(27,4)5)29(40)25(16-35)18-36-17-23-9-7-6-8-10-23;1-2/h6-14,16,18,27-28H,15,17,19-22,35H2,1-5H3,(H,37,42);1-2H3/b25-16+,36-18?;. The molecule has 3 N–H and O–H groups in total. The Labute approximate surface area is 267 Å². The quantitative estimate of drug-likeness (QED) is 0.294. The molecule has 0 radical (unpaired) electrons. The molecular weight excluding hydrogens is 566 g/mol. The van der Waals surface area contributed by atoms with Gasteiger partial charge < -0.3 is 20.3 Å². The topological polar surface area (TPSA) is 117 Å². The maximum atomic E-state index is 13.7. The summed E-state index contributed by atoms with van der Waals surface area (Å²) < 4.78 is 5.37. The highest BCUT2D eigenvalue weighted by atomic mass is 16.6. The van der Waals surface area contributed by atoms with Crippen molar-refractivity contribution in [3.63, 3.8) is 0 Å². The Kier molecular flexibility index (Phi) is 10.1. The van der Waals surface area contributed by atoms with Gasteiger partial charge in [0.25, 0.3) is 5.91 Å². The fourth-order valence-electron chi connectivity index (χ4n) is 6.29. The third-order valence-corrected chi connectivity index (χ3v) is 8.80. The van der Waals surface area contributed by atoms with Crippen LogP contribution in [0.2, 0.25) is 0 Å². The van der Waals surface area contributed by atoms with Crippen LogP contribution in [0.3, 0.4) is 0 Å². The zero-order chi connectivity index (χ0) is 33.0. The van der Waals surface area contributed by atoms with E-state index in [9.17, 15) is 14.4 Å². The van der Waals surface area contributed by atoms with Crippen molar-refractivity contribution in [3.8, 4) is 0 Å². The Morgan fingerprint density at radius 1 is 1.00 bits per heavy atom. The zero-order valence-electron chi connectivity index (χ0n) is 27.8. The lowest BCUT2D eigenvalue weighted by atomic mass is 9.68. The van der Waals surface area contributed by atoms with E-state index in [2.05, 4.69) is 24.2 Å². The Hall–Kier alpha value is -4.14. The minimum Gasteiger partial charge on any atom is -0.444 e. The van der Waals surface area contributed by atoms with E-state index in [0.29, 0.717) is 44.0 Å². The van der Waals surface area contributed by atoms with E-state index in [0.717, 1.165) is 17.5 Å². The SMILES string of the molecule is CC.CC(C)(C)OC(=O)Nc1ccc(C2CN(C(=O)/C(C=NCc3ccccc3)=C/N)CC23CN(C(=O)C2CC2(C)C)C3)cc1. The van der Waals surface area contributed by atoms with Crippen LogP contribution in [0.5, 0.6) is 0 Å². The second-order valence-corrected chi connectivity index (χ2v) is 13.9. The van der Waals surface area contributed by atoms with Crippen LogP contribution in [0, 0.1) is 16.7 Å². The average Bonchev–Trinajstić information content (AvgIpc) is 3.43. The first-order valence-corrected chi connectivity index (χ1v) is 15.9. The van der Waals surface area contributed by atoms with Crippen molar-refractivity contribution in [1.29, 1.82) is 0 Å². The van der Waals surface area contributed by atoms with Gasteiger partial charge in [-0.1, -0.05) is 70.2 Å². The van der Waals surface area contributed by atoms with Crippen LogP contribution in [0.4, 0.5) is 10.5 Å². The van der Waals surface area contributed by atoms with Crippen LogP contribution >= 0.6 is 0 Å². The molecule has 0 aromatic heterocycles. The number of rotatable bonds is 7. The summed E-state index contributed by atoms with van der Waals surface area (Å²) in [5, 5.41) is 2.78. The minimum absolute atomic E-state index is 0.0172. The Morgan fingerprint density at radius 3 is 2.16 bits per heavy atom. The lowest BCUT2D eigenvalue weighted by Gasteiger charge is -2.51. The van der Waals surface area contributed by atoms with Crippen LogP contribution in [-0.4, -0.2) is 65.7 Å². The van der Waals surface area contributed by atoms with E-state index >= 15 is 0 Å². The number of anilines is 1. The van der Waals surface area contributed by atoms with Crippen molar-refractivity contribution >= 4 is 29.8 Å². The molecule has 2 saturated heterocycles. The number of carbonyl (C=O) groups excluding carboxylic acids is 3. The second kappa shape index (κ2) is 13.5. The molecular formula is C36H49N5O4. The predicted molar refractivity (Wildman–Crippen MR) is 179 cm³/mol. The molecule has 5 rings (SSSR count). The molecule has 1 saturated carbocycles. The highest BCUT2D eigenvalue weighted by Gasteiger charge is 2.60. The zero-order valence-corrected chi connectivity index (χ0v) is 27.8. The lowest BCUT2D eigenvalue weighted by molar-refractivity contribution is -0.146. The Morgan fingerprint density at radius 2 is 1.60 bits per heavy atom. The fraction of sp³-hybridized carbons (Fsp3) is 0.500. The summed E-state index contributed by atoms with van der Waals surface area (Å²) in [6, 6.07) is 17.5. The summed E-state index contributed by atoms with van der Waals surface area (Å²) in [6.07, 6.45) is 3.28. The first-order valence-electron chi connectivity index (χ1n) is 15.9. The third-order valence-electron chi connectivity index (χ3n) is 8.80. The number of hydrogen-bond donors (Lipinski definition) is 2. The molecule has 1 aliphatic carbocycles. The third kappa shape index (κ3) is 7.93. The van der Waals surface area contributed by atoms with E-state index in [1.165, 1.54) is 6.20 Å². The first-order chi connectivity index (χ1) is 21.3. The molecule has 45 heavy (non-hydrogen) atoms. The van der Waals surface area contributed by atoms with E-state index in [-0.39, 0.29) is 34.5 Å². The fourth-order valence-corrected chi connectivity index (χ4v) is 6.29. The predicted octanol–water partition coefficient (Wildman–Crippen LogP) is 5.97. The van der Waals surface area contributed by atoms with Gasteiger partial charge in [-0.05, 0) is 55.9 Å². The van der Waals surface area contributed by atoms with E-state index in [1.54, 1.807) is 6.21 Å². The van der Waals surface area contributed by atoms with Crippen molar-refractivity contribution in [3.05, 3.63) is 77.5 Å². The van der Waals surface area contributed by atoms with Crippen molar-refractivity contribution in [2.24, 2.45) is 27.5 Å². The number of nitrogens with zero attached hydrogens (tertiary/aromatic N) is 3. The minimum atomic E-state index is -0.595. The summed E-state index contributed by atoms with van der Waals surface area (Å²) in [5.41, 5.74) is 8.19. The van der Waals surface area contributed by atoms with Crippen LogP contribution < -0.4 is 11.1 Å². The maximum Gasteiger partial charge on any atom is 0.412 e. The molecule has 1 spiro atoms. The molecule has 9 heteroatoms. The molecule has 2 aromatic rings. The van der Waals surface area contributed by atoms with Gasteiger partial charge in [-0.15, -0.1) is 0 Å². The van der Waals surface area contributed by atoms with Crippen LogP contribution in [0.1, 0.15) is 71.9 Å². The van der Waals surface area contributed by atoms with Gasteiger partial charge in [0, 0.05) is 61.5 Å². The van der Waals surface area contributed by atoms with Gasteiger partial charge in [0.15, 0.2) is 0 Å². The van der Waals surface area contributed by atoms with Gasteiger partial charge in [0.2, 0.25) is 5.91 Å². The van der Waals surface area contributed by atoms with E-state index in [1.807, 2.05) is 99.0 Å². The average molecular weight is 616 g/mol. The maximum absolute atomic E-state index is 13.7. The van der Waals surface area contributed by atoms with Crippen molar-refractivity contribution in [2.75, 3.05) is 31.5 Å². The summed E-state index contributed by atoms with van der Waals surface area (Å²) in [6.45, 7) is 16.4. The number of ether oxygens (including phenoxy) is 1. The number of carbonyl (C=O) groups is 3. The van der Waals surface area contributed by atoms with Gasteiger partial charge >= 0.3 is 6.09 Å². The molecule has 0 bridgehead atoms. The second-order valence-electron chi connectivity index (χ2n) is 13.9. The van der Waals surface area contributed by atoms with Gasteiger partial charge in [-0.25, -0.2) is 4.79 Å². The van der Waals surface area contributed by atoms with E-state index in [4.69, 9.17) is 10.5 Å². The van der Waals surface area contributed by atoms with Gasteiger partial charge in [0.05, 0.1) is 12.1 Å². The molecule has 3 amide bonds. The van der Waals surface area contributed by atoms with Gasteiger partial charge in [0.1, 0.15) is 5.60 Å². The normalized spacial score (nSPS) is 21.5. The largest absolute Gasteiger partial charge is 0.444 e. The summed E-state index contributed by atoms with van der Waals surface area (Å²) in [7, 11) is 0. The molecule has 2 atom stereocenters. The first kappa shape index (κ1) is 33.7. The summed E-state index contributed by atoms with van der Waals surface area (Å²) in [4.78, 5) is 47.4. The molecule has 242 valence electrons. The van der Waals surface area contributed by atoms with Crippen LogP contribution in [0.25, 0.3) is 0 Å². The molecule has 2 aromatic carbocycles. The molecule has 9 nitrogen and oxygen atoms in total. The number of likely N-dealkylation sites (tertiary alicyclic amines) is 2. The van der Waals surface area contributed by atoms with Gasteiger partial charge in [-0.3, -0.25) is 19.9 Å². The molecule has 2 unspecified atom stereocenters. The smallest absolute Gasteiger partial charge is 0.412 e. The highest BCUT2D eigenvalue weighted by molar-refractivity contribution is 6.12. The summed E-state index contributed by atoms with van der Waals surface area (Å²) in [5.74, 6) is 0.140.